The second-order valence-corrected chi connectivity index (χ2v) is 6.14. The van der Waals surface area contributed by atoms with E-state index in [4.69, 9.17) is 4.74 Å². The van der Waals surface area contributed by atoms with Gasteiger partial charge >= 0.3 is 12.0 Å². The van der Waals surface area contributed by atoms with E-state index in [1.807, 2.05) is 4.90 Å². The third kappa shape index (κ3) is 3.85. The Balaban J connectivity index is 1.67. The van der Waals surface area contributed by atoms with Gasteiger partial charge in [-0.3, -0.25) is 9.69 Å². The van der Waals surface area contributed by atoms with Gasteiger partial charge < -0.3 is 20.1 Å². The van der Waals surface area contributed by atoms with E-state index in [1.54, 1.807) is 29.2 Å². The molecule has 1 unspecified atom stereocenters. The van der Waals surface area contributed by atoms with Crippen LogP contribution in [-0.2, 0) is 9.53 Å². The van der Waals surface area contributed by atoms with Crippen molar-refractivity contribution in [1.29, 1.82) is 0 Å². The molecule has 3 rings (SSSR count). The number of amides is 2. The highest BCUT2D eigenvalue weighted by atomic mass is 16.5. The lowest BCUT2D eigenvalue weighted by atomic mass is 10.0. The lowest BCUT2D eigenvalue weighted by molar-refractivity contribution is -0.145. The van der Waals surface area contributed by atoms with Gasteiger partial charge in [0, 0.05) is 31.9 Å². The predicted molar refractivity (Wildman–Crippen MR) is 89.0 cm³/mol. The Kier molecular flexibility index (Phi) is 5.32. The molecule has 130 valence electrons. The predicted octanol–water partition coefficient (Wildman–Crippen LogP) is 1.77. The molecular weight excluding hydrogens is 310 g/mol. The number of hydrogen-bond donors (Lipinski definition) is 2. The molecule has 2 N–H and O–H groups in total. The van der Waals surface area contributed by atoms with E-state index in [9.17, 15) is 14.7 Å². The number of carboxylic acids is 1. The summed E-state index contributed by atoms with van der Waals surface area (Å²) in [4.78, 5) is 27.5. The highest BCUT2D eigenvalue weighted by Crippen LogP contribution is 2.24. The zero-order valence-corrected chi connectivity index (χ0v) is 13.6. The number of carbonyl (C=O) groups excluding carboxylic acids is 1. The lowest BCUT2D eigenvalue weighted by Gasteiger charge is -2.32. The number of anilines is 1. The van der Waals surface area contributed by atoms with E-state index in [2.05, 4.69) is 5.32 Å². The third-order valence-corrected chi connectivity index (χ3v) is 4.52. The maximum absolute atomic E-state index is 12.1. The third-order valence-electron chi connectivity index (χ3n) is 4.52. The first-order valence-corrected chi connectivity index (χ1v) is 8.35. The first kappa shape index (κ1) is 16.7. The second kappa shape index (κ2) is 7.63. The van der Waals surface area contributed by atoms with Gasteiger partial charge in [-0.25, -0.2) is 4.79 Å². The molecule has 1 atom stereocenters. The standard InChI is InChI=1S/C17H23N3O4/c21-16(22)15(19-9-11-24-12-10-19)13-3-5-14(6-4-13)18-17(23)20-7-1-2-8-20/h3-6,15H,1-2,7-12H2,(H,18,23)(H,21,22). The van der Waals surface area contributed by atoms with Crippen LogP contribution < -0.4 is 5.32 Å². The summed E-state index contributed by atoms with van der Waals surface area (Å²) in [6, 6.07) is 6.29. The van der Waals surface area contributed by atoms with E-state index in [0.717, 1.165) is 25.9 Å². The quantitative estimate of drug-likeness (QED) is 0.877. The van der Waals surface area contributed by atoms with Gasteiger partial charge in [0.05, 0.1) is 13.2 Å². The zero-order chi connectivity index (χ0) is 16.9. The maximum atomic E-state index is 12.1. The van der Waals surface area contributed by atoms with Crippen LogP contribution in [-0.4, -0.2) is 66.3 Å². The average molecular weight is 333 g/mol. The molecule has 0 aliphatic carbocycles. The minimum Gasteiger partial charge on any atom is -0.480 e. The Morgan fingerprint density at radius 2 is 1.67 bits per heavy atom. The summed E-state index contributed by atoms with van der Waals surface area (Å²) in [5, 5.41) is 12.4. The summed E-state index contributed by atoms with van der Waals surface area (Å²) in [6.07, 6.45) is 2.10. The van der Waals surface area contributed by atoms with Gasteiger partial charge in [-0.1, -0.05) is 12.1 Å². The molecule has 7 heteroatoms. The molecule has 0 radical (unpaired) electrons. The van der Waals surface area contributed by atoms with Crippen molar-refractivity contribution >= 4 is 17.7 Å². The molecule has 24 heavy (non-hydrogen) atoms. The van der Waals surface area contributed by atoms with Crippen molar-refractivity contribution < 1.29 is 19.4 Å². The Morgan fingerprint density at radius 3 is 2.25 bits per heavy atom. The smallest absolute Gasteiger partial charge is 0.325 e. The van der Waals surface area contributed by atoms with Gasteiger partial charge in [0.2, 0.25) is 0 Å². The number of rotatable bonds is 4. The van der Waals surface area contributed by atoms with Crippen molar-refractivity contribution in [3.63, 3.8) is 0 Å². The Labute approximate surface area is 141 Å². The van der Waals surface area contributed by atoms with E-state index in [1.165, 1.54) is 0 Å². The topological polar surface area (TPSA) is 82.1 Å². The molecule has 2 aliphatic rings. The molecular formula is C17H23N3O4. The second-order valence-electron chi connectivity index (χ2n) is 6.14. The number of morpholine rings is 1. The van der Waals surface area contributed by atoms with Gasteiger partial charge in [-0.15, -0.1) is 0 Å². The summed E-state index contributed by atoms with van der Waals surface area (Å²) >= 11 is 0. The van der Waals surface area contributed by atoms with Gasteiger partial charge in [0.25, 0.3) is 0 Å². The first-order chi connectivity index (χ1) is 11.6. The van der Waals surface area contributed by atoms with Crippen molar-refractivity contribution in [2.75, 3.05) is 44.7 Å². The fraction of sp³-hybridized carbons (Fsp3) is 0.529. The highest BCUT2D eigenvalue weighted by molar-refractivity contribution is 5.89. The number of carboxylic acid groups (broad SMARTS) is 1. The summed E-state index contributed by atoms with van der Waals surface area (Å²) in [7, 11) is 0. The zero-order valence-electron chi connectivity index (χ0n) is 13.6. The van der Waals surface area contributed by atoms with E-state index < -0.39 is 12.0 Å². The van der Waals surface area contributed by atoms with Crippen molar-refractivity contribution in [3.05, 3.63) is 29.8 Å². The number of ether oxygens (including phenoxy) is 1. The minimum absolute atomic E-state index is 0.0942. The molecule has 2 saturated heterocycles. The van der Waals surface area contributed by atoms with Crippen LogP contribution in [0, 0.1) is 0 Å². The largest absolute Gasteiger partial charge is 0.480 e. The number of urea groups is 1. The molecule has 1 aromatic carbocycles. The minimum atomic E-state index is -0.870. The number of benzene rings is 1. The van der Waals surface area contributed by atoms with E-state index in [0.29, 0.717) is 37.6 Å². The monoisotopic (exact) mass is 333 g/mol. The van der Waals surface area contributed by atoms with Crippen LogP contribution in [0.4, 0.5) is 10.5 Å². The molecule has 0 aromatic heterocycles. The van der Waals surface area contributed by atoms with Crippen LogP contribution in [0.25, 0.3) is 0 Å². The van der Waals surface area contributed by atoms with Crippen molar-refractivity contribution in [3.8, 4) is 0 Å². The highest BCUT2D eigenvalue weighted by Gasteiger charge is 2.28. The number of aliphatic carboxylic acids is 1. The van der Waals surface area contributed by atoms with Crippen LogP contribution in [0.15, 0.2) is 24.3 Å². The van der Waals surface area contributed by atoms with Gasteiger partial charge in [-0.2, -0.15) is 0 Å². The molecule has 0 bridgehead atoms. The normalized spacial score (nSPS) is 19.9. The van der Waals surface area contributed by atoms with Gasteiger partial charge in [-0.05, 0) is 30.5 Å². The molecule has 0 saturated carbocycles. The molecule has 1 aromatic rings. The number of likely N-dealkylation sites (tertiary alicyclic amines) is 1. The van der Waals surface area contributed by atoms with E-state index in [-0.39, 0.29) is 6.03 Å². The van der Waals surface area contributed by atoms with Crippen molar-refractivity contribution in [1.82, 2.24) is 9.80 Å². The maximum Gasteiger partial charge on any atom is 0.325 e. The van der Waals surface area contributed by atoms with Crippen LogP contribution in [0.5, 0.6) is 0 Å². The first-order valence-electron chi connectivity index (χ1n) is 8.35. The van der Waals surface area contributed by atoms with Crippen molar-refractivity contribution in [2.45, 2.75) is 18.9 Å². The Bertz CT molecular complexity index is 578. The summed E-state index contributed by atoms with van der Waals surface area (Å²) in [6.45, 7) is 3.89. The van der Waals surface area contributed by atoms with Crippen LogP contribution >= 0.6 is 0 Å². The number of nitrogens with one attached hydrogen (secondary N) is 1. The van der Waals surface area contributed by atoms with Crippen molar-refractivity contribution in [2.24, 2.45) is 0 Å². The molecule has 2 heterocycles. The van der Waals surface area contributed by atoms with Gasteiger partial charge in [0.15, 0.2) is 0 Å². The van der Waals surface area contributed by atoms with E-state index >= 15 is 0 Å². The number of carbonyl (C=O) groups is 2. The molecule has 0 spiro atoms. The lowest BCUT2D eigenvalue weighted by Crippen LogP contribution is -2.42. The average Bonchev–Trinajstić information content (AvgIpc) is 3.12. The SMILES string of the molecule is O=C(O)C(c1ccc(NC(=O)N2CCCC2)cc1)N1CCOCC1. The fourth-order valence-electron chi connectivity index (χ4n) is 3.22. The van der Waals surface area contributed by atoms with Crippen LogP contribution in [0.3, 0.4) is 0 Å². The molecule has 2 amide bonds. The summed E-state index contributed by atoms with van der Waals surface area (Å²) in [5.74, 6) is -0.870. The van der Waals surface area contributed by atoms with Crippen LogP contribution in [0.1, 0.15) is 24.4 Å². The molecule has 7 nitrogen and oxygen atoms in total. The summed E-state index contributed by atoms with van der Waals surface area (Å²) in [5.41, 5.74) is 1.39. The van der Waals surface area contributed by atoms with Crippen LogP contribution in [0.2, 0.25) is 0 Å². The Hall–Kier alpha value is -2.12. The fourth-order valence-corrected chi connectivity index (χ4v) is 3.22. The number of hydrogen-bond acceptors (Lipinski definition) is 4. The summed E-state index contributed by atoms with van der Waals surface area (Å²) < 4.78 is 5.29. The molecule has 2 aliphatic heterocycles. The number of nitrogens with zero attached hydrogens (tertiary/aromatic N) is 2. The Morgan fingerprint density at radius 1 is 1.04 bits per heavy atom. The van der Waals surface area contributed by atoms with Gasteiger partial charge in [0.1, 0.15) is 6.04 Å². The molecule has 2 fully saturated rings.